The Bertz CT molecular complexity index is 347. The molecule has 13 heavy (non-hydrogen) atoms. The Morgan fingerprint density at radius 2 is 2.15 bits per heavy atom. The van der Waals surface area contributed by atoms with E-state index in [9.17, 15) is 5.11 Å². The van der Waals surface area contributed by atoms with Crippen molar-refractivity contribution >= 4 is 11.6 Å². The average molecular weight is 199 g/mol. The van der Waals surface area contributed by atoms with Crippen molar-refractivity contribution in [1.29, 1.82) is 0 Å². The van der Waals surface area contributed by atoms with Gasteiger partial charge in [-0.15, -0.1) is 0 Å². The van der Waals surface area contributed by atoms with E-state index < -0.39 is 0 Å². The van der Waals surface area contributed by atoms with Gasteiger partial charge in [0.15, 0.2) is 0 Å². The van der Waals surface area contributed by atoms with E-state index in [-0.39, 0.29) is 12.4 Å². The van der Waals surface area contributed by atoms with Crippen LogP contribution < -0.4 is 0 Å². The predicted molar refractivity (Wildman–Crippen MR) is 51.1 cm³/mol. The topological polar surface area (TPSA) is 40.5 Å². The largest absolute Gasteiger partial charge is 0.506 e. The lowest BCUT2D eigenvalue weighted by Crippen LogP contribution is -1.91. The Morgan fingerprint density at radius 1 is 1.38 bits per heavy atom. The van der Waals surface area contributed by atoms with E-state index in [0.29, 0.717) is 10.6 Å². The second-order valence-corrected chi connectivity index (χ2v) is 3.73. The number of aliphatic hydroxyl groups excluding tert-OH is 1. The number of rotatable bonds is 1. The van der Waals surface area contributed by atoms with Gasteiger partial charge in [0.1, 0.15) is 5.75 Å². The second-order valence-electron chi connectivity index (χ2n) is 3.35. The van der Waals surface area contributed by atoms with Gasteiger partial charge in [0, 0.05) is 5.56 Å². The van der Waals surface area contributed by atoms with Gasteiger partial charge in [0.2, 0.25) is 0 Å². The van der Waals surface area contributed by atoms with Crippen molar-refractivity contribution in [3.05, 3.63) is 27.8 Å². The van der Waals surface area contributed by atoms with Gasteiger partial charge in [0.25, 0.3) is 0 Å². The third-order valence-electron chi connectivity index (χ3n) is 2.56. The first-order valence-electron chi connectivity index (χ1n) is 4.37. The third kappa shape index (κ3) is 1.30. The summed E-state index contributed by atoms with van der Waals surface area (Å²) in [6.07, 6.45) is 3.03. The first-order valence-corrected chi connectivity index (χ1v) is 4.74. The number of hydrogen-bond acceptors (Lipinski definition) is 2. The monoisotopic (exact) mass is 198 g/mol. The zero-order valence-corrected chi connectivity index (χ0v) is 7.93. The molecular weight excluding hydrogens is 188 g/mol. The molecular formula is C10H11ClO2. The van der Waals surface area contributed by atoms with Crippen LogP contribution in [0.3, 0.4) is 0 Å². The van der Waals surface area contributed by atoms with E-state index in [0.717, 1.165) is 24.8 Å². The zero-order valence-electron chi connectivity index (χ0n) is 7.18. The smallest absolute Gasteiger partial charge is 0.139 e. The molecule has 0 aromatic heterocycles. The molecule has 0 unspecified atom stereocenters. The zero-order chi connectivity index (χ0) is 9.42. The average Bonchev–Trinajstić information content (AvgIpc) is 2.59. The van der Waals surface area contributed by atoms with Gasteiger partial charge in [0.05, 0.1) is 11.6 Å². The molecule has 70 valence electrons. The first kappa shape index (κ1) is 8.85. The summed E-state index contributed by atoms with van der Waals surface area (Å²) >= 11 is 5.96. The molecule has 0 bridgehead atoms. The van der Waals surface area contributed by atoms with Gasteiger partial charge in [-0.1, -0.05) is 11.6 Å². The first-order chi connectivity index (χ1) is 6.24. The van der Waals surface area contributed by atoms with Crippen LogP contribution in [0.2, 0.25) is 5.02 Å². The van der Waals surface area contributed by atoms with Gasteiger partial charge in [-0.3, -0.25) is 0 Å². The maximum Gasteiger partial charge on any atom is 0.139 e. The van der Waals surface area contributed by atoms with Crippen molar-refractivity contribution in [3.63, 3.8) is 0 Å². The van der Waals surface area contributed by atoms with Gasteiger partial charge in [-0.25, -0.2) is 0 Å². The SMILES string of the molecule is OCc1cc2c(c(Cl)c1O)CCC2. The lowest BCUT2D eigenvalue weighted by atomic mass is 10.1. The van der Waals surface area contributed by atoms with Crippen LogP contribution in [0.1, 0.15) is 23.1 Å². The Kier molecular flexibility index (Phi) is 2.18. The van der Waals surface area contributed by atoms with Gasteiger partial charge >= 0.3 is 0 Å². The van der Waals surface area contributed by atoms with E-state index in [1.165, 1.54) is 5.56 Å². The normalized spacial score (nSPS) is 14.6. The number of aryl methyl sites for hydroxylation is 1. The van der Waals surface area contributed by atoms with Crippen LogP contribution in [0.4, 0.5) is 0 Å². The van der Waals surface area contributed by atoms with Crippen LogP contribution >= 0.6 is 11.6 Å². The lowest BCUT2D eigenvalue weighted by Gasteiger charge is -2.08. The molecule has 3 heteroatoms. The van der Waals surface area contributed by atoms with Crippen molar-refractivity contribution in [2.24, 2.45) is 0 Å². The minimum atomic E-state index is -0.154. The number of halogens is 1. The summed E-state index contributed by atoms with van der Waals surface area (Å²) in [5.74, 6) is 0.0461. The molecule has 0 radical (unpaired) electrons. The predicted octanol–water partition coefficient (Wildman–Crippen LogP) is 2.03. The highest BCUT2D eigenvalue weighted by atomic mass is 35.5. The third-order valence-corrected chi connectivity index (χ3v) is 2.96. The van der Waals surface area contributed by atoms with Crippen LogP contribution in [0.5, 0.6) is 5.75 Å². The summed E-state index contributed by atoms with van der Waals surface area (Å²) in [4.78, 5) is 0. The van der Waals surface area contributed by atoms with E-state index in [1.807, 2.05) is 6.07 Å². The molecule has 2 nitrogen and oxygen atoms in total. The number of phenols is 1. The van der Waals surface area contributed by atoms with Crippen molar-refractivity contribution in [2.75, 3.05) is 0 Å². The van der Waals surface area contributed by atoms with Crippen LogP contribution in [-0.2, 0) is 19.4 Å². The van der Waals surface area contributed by atoms with Gasteiger partial charge in [-0.05, 0) is 36.5 Å². The fourth-order valence-corrected chi connectivity index (χ4v) is 2.20. The highest BCUT2D eigenvalue weighted by Gasteiger charge is 2.19. The number of benzene rings is 1. The van der Waals surface area contributed by atoms with Crippen LogP contribution in [0.15, 0.2) is 6.07 Å². The van der Waals surface area contributed by atoms with Crippen LogP contribution in [0.25, 0.3) is 0 Å². The van der Waals surface area contributed by atoms with Crippen molar-refractivity contribution in [2.45, 2.75) is 25.9 Å². The molecule has 2 N–H and O–H groups in total. The highest BCUT2D eigenvalue weighted by Crippen LogP contribution is 2.37. The van der Waals surface area contributed by atoms with E-state index in [4.69, 9.17) is 16.7 Å². The molecule has 1 aliphatic carbocycles. The molecule has 2 rings (SSSR count). The minimum Gasteiger partial charge on any atom is -0.506 e. The Hall–Kier alpha value is -0.730. The second kappa shape index (κ2) is 3.20. The molecule has 1 aromatic carbocycles. The lowest BCUT2D eigenvalue weighted by molar-refractivity contribution is 0.275. The molecule has 1 aliphatic rings. The summed E-state index contributed by atoms with van der Waals surface area (Å²) in [5, 5.41) is 19.0. The quantitative estimate of drug-likeness (QED) is 0.725. The molecule has 0 saturated carbocycles. The summed E-state index contributed by atoms with van der Waals surface area (Å²) < 4.78 is 0. The van der Waals surface area contributed by atoms with Gasteiger partial charge in [-0.2, -0.15) is 0 Å². The number of fused-ring (bicyclic) bond motifs is 1. The highest BCUT2D eigenvalue weighted by molar-refractivity contribution is 6.33. The van der Waals surface area contributed by atoms with Crippen LogP contribution in [-0.4, -0.2) is 10.2 Å². The fourth-order valence-electron chi connectivity index (χ4n) is 1.86. The summed E-state index contributed by atoms with van der Waals surface area (Å²) in [7, 11) is 0. The number of aliphatic hydroxyl groups is 1. The van der Waals surface area contributed by atoms with Crippen LogP contribution in [0, 0.1) is 0 Å². The molecule has 0 amide bonds. The molecule has 0 heterocycles. The maximum absolute atomic E-state index is 9.57. The van der Waals surface area contributed by atoms with Gasteiger partial charge < -0.3 is 10.2 Å². The maximum atomic E-state index is 9.57. The Labute approximate surface area is 81.8 Å². The van der Waals surface area contributed by atoms with E-state index in [2.05, 4.69) is 0 Å². The van der Waals surface area contributed by atoms with E-state index >= 15 is 0 Å². The Morgan fingerprint density at radius 3 is 2.85 bits per heavy atom. The Balaban J connectivity index is 2.61. The number of hydrogen-bond donors (Lipinski definition) is 2. The fraction of sp³-hybridized carbons (Fsp3) is 0.400. The van der Waals surface area contributed by atoms with E-state index in [1.54, 1.807) is 0 Å². The summed E-state index contributed by atoms with van der Waals surface area (Å²) in [5.41, 5.74) is 2.76. The van der Waals surface area contributed by atoms with Crippen molar-refractivity contribution in [3.8, 4) is 5.75 Å². The number of aromatic hydroxyl groups is 1. The molecule has 0 saturated heterocycles. The molecule has 0 aliphatic heterocycles. The molecule has 1 aromatic rings. The standard InChI is InChI=1S/C10H11ClO2/c11-9-8-3-1-2-6(8)4-7(5-12)10(9)13/h4,12-13H,1-3,5H2. The summed E-state index contributed by atoms with van der Waals surface area (Å²) in [6, 6.07) is 1.85. The minimum absolute atomic E-state index is 0.0461. The molecule has 0 spiro atoms. The summed E-state index contributed by atoms with van der Waals surface area (Å²) in [6.45, 7) is -0.154. The van der Waals surface area contributed by atoms with Crippen molar-refractivity contribution < 1.29 is 10.2 Å². The molecule has 0 atom stereocenters. The van der Waals surface area contributed by atoms with Crippen molar-refractivity contribution in [1.82, 2.24) is 0 Å². The molecule has 0 fully saturated rings.